The first kappa shape index (κ1) is 21.2. The van der Waals surface area contributed by atoms with Crippen molar-refractivity contribution in [2.45, 2.75) is 18.6 Å². The van der Waals surface area contributed by atoms with Gasteiger partial charge in [-0.05, 0) is 17.7 Å². The fourth-order valence-electron chi connectivity index (χ4n) is 3.87. The summed E-state index contributed by atoms with van der Waals surface area (Å²) in [6.45, 7) is 1.06. The van der Waals surface area contributed by atoms with Crippen molar-refractivity contribution in [3.05, 3.63) is 65.7 Å². The van der Waals surface area contributed by atoms with Crippen LogP contribution in [0.15, 0.2) is 54.4 Å². The molecule has 1 fully saturated rings. The van der Waals surface area contributed by atoms with Gasteiger partial charge in [0.05, 0.1) is 24.3 Å². The van der Waals surface area contributed by atoms with Crippen molar-refractivity contribution in [3.63, 3.8) is 0 Å². The maximum atomic E-state index is 12.5. The number of anilines is 1. The van der Waals surface area contributed by atoms with Gasteiger partial charge >= 0.3 is 0 Å². The number of imidazole rings is 1. The fraction of sp³-hybridized carbons (Fsp3) is 0.261. The van der Waals surface area contributed by atoms with E-state index >= 15 is 0 Å². The molecule has 1 atom stereocenters. The van der Waals surface area contributed by atoms with Gasteiger partial charge in [0.1, 0.15) is 10.7 Å². The number of thiazole rings is 1. The van der Waals surface area contributed by atoms with Crippen LogP contribution in [0, 0.1) is 0 Å². The number of rotatable bonds is 6. The molecular formula is C23H23N7O2S. The maximum absolute atomic E-state index is 12.5. The Balaban J connectivity index is 1.36. The molecule has 1 aromatic carbocycles. The average molecular weight is 462 g/mol. The van der Waals surface area contributed by atoms with Crippen LogP contribution in [0.5, 0.6) is 0 Å². The molecule has 0 bridgehead atoms. The van der Waals surface area contributed by atoms with Gasteiger partial charge in [-0.2, -0.15) is 0 Å². The van der Waals surface area contributed by atoms with Crippen LogP contribution in [0.25, 0.3) is 22.0 Å². The van der Waals surface area contributed by atoms with Crippen molar-refractivity contribution >= 4 is 23.2 Å². The summed E-state index contributed by atoms with van der Waals surface area (Å²) in [7, 11) is 3.63. The van der Waals surface area contributed by atoms with Crippen molar-refractivity contribution < 1.29 is 9.90 Å². The third kappa shape index (κ3) is 4.10. The molecule has 2 N–H and O–H groups in total. The second kappa shape index (κ2) is 8.38. The molecule has 1 aliphatic heterocycles. The Morgan fingerprint density at radius 1 is 1.18 bits per heavy atom. The van der Waals surface area contributed by atoms with E-state index < -0.39 is 5.60 Å². The quantitative estimate of drug-likeness (QED) is 0.454. The van der Waals surface area contributed by atoms with Crippen molar-refractivity contribution in [3.8, 4) is 22.0 Å². The standard InChI is InChI=1S/C23H23N7O2S/c1-29-12-17(26-14-29)11-25-22-24-8-6-18(28-22)19-13-33-20(27-19)15-4-3-5-16(10-15)23(32)7-9-30(2)21(23)31/h3-6,8,10,12-14,32H,7,9,11H2,1-2H3,(H,24,25,28)/t23-/m1/s1. The summed E-state index contributed by atoms with van der Waals surface area (Å²) >= 11 is 1.49. The van der Waals surface area contributed by atoms with E-state index in [9.17, 15) is 9.90 Å². The van der Waals surface area contributed by atoms with Gasteiger partial charge in [0.2, 0.25) is 5.95 Å². The highest BCUT2D eigenvalue weighted by molar-refractivity contribution is 7.13. The topological polar surface area (TPSA) is 109 Å². The van der Waals surface area contributed by atoms with Crippen LogP contribution in [0.1, 0.15) is 17.7 Å². The van der Waals surface area contributed by atoms with Crippen LogP contribution in [0.4, 0.5) is 5.95 Å². The van der Waals surface area contributed by atoms with E-state index in [1.54, 1.807) is 30.5 Å². The van der Waals surface area contributed by atoms with E-state index in [0.29, 0.717) is 36.7 Å². The number of benzene rings is 1. The fourth-order valence-corrected chi connectivity index (χ4v) is 4.68. The molecule has 33 heavy (non-hydrogen) atoms. The molecule has 4 aromatic rings. The molecule has 1 aliphatic rings. The molecule has 1 amide bonds. The highest BCUT2D eigenvalue weighted by atomic mass is 32.1. The Hall–Kier alpha value is -3.63. The number of likely N-dealkylation sites (N-methyl/N-ethyl adjacent to an activating group) is 1. The lowest BCUT2D eigenvalue weighted by molar-refractivity contribution is -0.143. The van der Waals surface area contributed by atoms with Gasteiger partial charge in [-0.3, -0.25) is 4.79 Å². The number of likely N-dealkylation sites (tertiary alicyclic amines) is 1. The zero-order valence-electron chi connectivity index (χ0n) is 18.3. The number of aromatic nitrogens is 5. The lowest BCUT2D eigenvalue weighted by atomic mass is 9.91. The zero-order valence-corrected chi connectivity index (χ0v) is 19.1. The van der Waals surface area contributed by atoms with Gasteiger partial charge in [0.15, 0.2) is 5.60 Å². The Kier molecular flexibility index (Phi) is 5.39. The predicted octanol–water partition coefficient (Wildman–Crippen LogP) is 2.66. The first-order valence-corrected chi connectivity index (χ1v) is 11.4. The Labute approximate surface area is 194 Å². The number of hydrogen-bond donors (Lipinski definition) is 2. The average Bonchev–Trinajstić information content (AvgIpc) is 3.55. The van der Waals surface area contributed by atoms with Gasteiger partial charge in [0.25, 0.3) is 5.91 Å². The lowest BCUT2D eigenvalue weighted by Crippen LogP contribution is -2.36. The number of nitrogens with zero attached hydrogens (tertiary/aromatic N) is 6. The second-order valence-corrected chi connectivity index (χ2v) is 8.96. The van der Waals surface area contributed by atoms with Crippen molar-refractivity contribution in [1.82, 2.24) is 29.4 Å². The number of aryl methyl sites for hydroxylation is 1. The zero-order chi connectivity index (χ0) is 23.0. The van der Waals surface area contributed by atoms with Gasteiger partial charge in [-0.1, -0.05) is 18.2 Å². The van der Waals surface area contributed by atoms with Crippen molar-refractivity contribution in [2.24, 2.45) is 7.05 Å². The summed E-state index contributed by atoms with van der Waals surface area (Å²) in [5, 5.41) is 16.9. The van der Waals surface area contributed by atoms with E-state index in [2.05, 4.69) is 20.3 Å². The molecule has 0 spiro atoms. The molecule has 4 heterocycles. The van der Waals surface area contributed by atoms with Crippen LogP contribution in [0.3, 0.4) is 0 Å². The highest BCUT2D eigenvalue weighted by Crippen LogP contribution is 2.36. The van der Waals surface area contributed by atoms with E-state index in [0.717, 1.165) is 22.0 Å². The molecule has 3 aromatic heterocycles. The normalized spacial score (nSPS) is 18.2. The molecule has 0 unspecified atom stereocenters. The van der Waals surface area contributed by atoms with E-state index in [1.807, 2.05) is 47.5 Å². The van der Waals surface area contributed by atoms with Crippen molar-refractivity contribution in [1.29, 1.82) is 0 Å². The minimum atomic E-state index is -1.48. The predicted molar refractivity (Wildman–Crippen MR) is 125 cm³/mol. The summed E-state index contributed by atoms with van der Waals surface area (Å²) in [6.07, 6.45) is 5.76. The van der Waals surface area contributed by atoms with Crippen LogP contribution in [0.2, 0.25) is 0 Å². The number of aliphatic hydroxyl groups is 1. The molecule has 0 radical (unpaired) electrons. The summed E-state index contributed by atoms with van der Waals surface area (Å²) in [5.74, 6) is 0.229. The number of carbonyl (C=O) groups excluding carboxylic acids is 1. The molecule has 9 nitrogen and oxygen atoms in total. The maximum Gasteiger partial charge on any atom is 0.258 e. The largest absolute Gasteiger partial charge is 0.375 e. The van der Waals surface area contributed by atoms with Crippen LogP contribution in [-0.4, -0.2) is 54.0 Å². The van der Waals surface area contributed by atoms with Gasteiger partial charge < -0.3 is 19.9 Å². The van der Waals surface area contributed by atoms with Gasteiger partial charge in [-0.15, -0.1) is 11.3 Å². The van der Waals surface area contributed by atoms with Crippen LogP contribution in [-0.2, 0) is 24.0 Å². The van der Waals surface area contributed by atoms with Crippen LogP contribution >= 0.6 is 11.3 Å². The summed E-state index contributed by atoms with van der Waals surface area (Å²) in [5.41, 5.74) is 2.30. The molecule has 0 aliphatic carbocycles. The minimum absolute atomic E-state index is 0.272. The first-order chi connectivity index (χ1) is 15.9. The monoisotopic (exact) mass is 461 g/mol. The number of amides is 1. The highest BCUT2D eigenvalue weighted by Gasteiger charge is 2.45. The number of carbonyl (C=O) groups is 1. The summed E-state index contributed by atoms with van der Waals surface area (Å²) < 4.78 is 1.89. The molecular weight excluding hydrogens is 438 g/mol. The third-order valence-electron chi connectivity index (χ3n) is 5.70. The van der Waals surface area contributed by atoms with E-state index in [1.165, 1.54) is 11.3 Å². The first-order valence-electron chi connectivity index (χ1n) is 10.5. The molecule has 1 saturated heterocycles. The van der Waals surface area contributed by atoms with Gasteiger partial charge in [-0.25, -0.2) is 19.9 Å². The molecule has 0 saturated carbocycles. The Morgan fingerprint density at radius 2 is 2.06 bits per heavy atom. The minimum Gasteiger partial charge on any atom is -0.375 e. The van der Waals surface area contributed by atoms with E-state index in [4.69, 9.17) is 4.98 Å². The smallest absolute Gasteiger partial charge is 0.258 e. The third-order valence-corrected chi connectivity index (χ3v) is 6.60. The molecule has 168 valence electrons. The van der Waals surface area contributed by atoms with Gasteiger partial charge in [0, 0.05) is 50.4 Å². The van der Waals surface area contributed by atoms with E-state index in [-0.39, 0.29) is 5.91 Å². The number of hydrogen-bond acceptors (Lipinski definition) is 8. The van der Waals surface area contributed by atoms with Crippen molar-refractivity contribution in [2.75, 3.05) is 18.9 Å². The Morgan fingerprint density at radius 3 is 2.82 bits per heavy atom. The van der Waals surface area contributed by atoms with Crippen LogP contribution < -0.4 is 5.32 Å². The Bertz CT molecular complexity index is 1320. The summed E-state index contributed by atoms with van der Waals surface area (Å²) in [4.78, 5) is 31.9. The molecule has 5 rings (SSSR count). The summed E-state index contributed by atoms with van der Waals surface area (Å²) in [6, 6.07) is 9.23. The molecule has 10 heteroatoms. The number of nitrogens with one attached hydrogen (secondary N) is 1. The lowest BCUT2D eigenvalue weighted by Gasteiger charge is -2.21. The SMILES string of the molecule is CN1CC[C@@](O)(c2cccc(-c3nc(-c4ccnc(NCc5cn(C)cn5)n4)cs3)c2)C1=O. The second-order valence-electron chi connectivity index (χ2n) is 8.11.